The molecule has 0 N–H and O–H groups in total. The molecule has 0 amide bonds. The first-order chi connectivity index (χ1) is 7.89. The van der Waals surface area contributed by atoms with Gasteiger partial charge in [-0.3, -0.25) is 0 Å². The van der Waals surface area contributed by atoms with Crippen molar-refractivity contribution in [2.24, 2.45) is 0 Å². The van der Waals surface area contributed by atoms with Gasteiger partial charge in [-0.15, -0.1) is 5.10 Å². The van der Waals surface area contributed by atoms with Crippen LogP contribution in [-0.2, 0) is 5.41 Å². The van der Waals surface area contributed by atoms with Gasteiger partial charge in [-0.2, -0.15) is 4.68 Å². The molecular weight excluding hydrogens is 287 g/mol. The minimum atomic E-state index is -0.306. The third kappa shape index (κ3) is 2.36. The zero-order valence-corrected chi connectivity index (χ0v) is 11.4. The fourth-order valence-corrected chi connectivity index (χ4v) is 1.81. The lowest BCUT2D eigenvalue weighted by Crippen LogP contribution is -2.18. The number of hydrogen-bond acceptors (Lipinski definition) is 3. The maximum Gasteiger partial charge on any atom is 0.162 e. The van der Waals surface area contributed by atoms with Crippen molar-refractivity contribution in [1.29, 1.82) is 0 Å². The molecule has 2 aromatic rings. The molecule has 17 heavy (non-hydrogen) atoms. The zero-order valence-electron chi connectivity index (χ0n) is 9.78. The molecule has 1 aromatic carbocycles. The van der Waals surface area contributed by atoms with E-state index in [2.05, 4.69) is 31.5 Å². The highest BCUT2D eigenvalue weighted by atomic mass is 79.9. The lowest BCUT2D eigenvalue weighted by atomic mass is 9.96. The Balaban J connectivity index is 2.54. The molecule has 0 aliphatic heterocycles. The quantitative estimate of drug-likeness (QED) is 0.813. The van der Waals surface area contributed by atoms with E-state index in [-0.39, 0.29) is 11.2 Å². The van der Waals surface area contributed by atoms with Crippen LogP contribution in [0.4, 0.5) is 4.39 Å². The summed E-state index contributed by atoms with van der Waals surface area (Å²) in [6.45, 7) is 6.06. The second kappa shape index (κ2) is 4.18. The van der Waals surface area contributed by atoms with Gasteiger partial charge in [0.25, 0.3) is 0 Å². The highest BCUT2D eigenvalue weighted by Crippen LogP contribution is 2.24. The highest BCUT2D eigenvalue weighted by molar-refractivity contribution is 9.10. The van der Waals surface area contributed by atoms with Gasteiger partial charge in [-0.1, -0.05) is 20.8 Å². The molecule has 0 unspecified atom stereocenters. The summed E-state index contributed by atoms with van der Waals surface area (Å²) in [4.78, 5) is 0. The zero-order chi connectivity index (χ0) is 12.6. The Morgan fingerprint density at radius 1 is 1.29 bits per heavy atom. The first kappa shape index (κ1) is 12.2. The molecule has 0 bridgehead atoms. The van der Waals surface area contributed by atoms with Crippen molar-refractivity contribution in [2.45, 2.75) is 26.2 Å². The molecule has 0 atom stereocenters. The molecule has 6 heteroatoms. The van der Waals surface area contributed by atoms with Crippen LogP contribution in [0.15, 0.2) is 22.7 Å². The smallest absolute Gasteiger partial charge is 0.162 e. The fraction of sp³-hybridized carbons (Fsp3) is 0.364. The monoisotopic (exact) mass is 298 g/mol. The standard InChI is InChI=1S/C11H12BrFN4/c1-11(2,3)10-14-15-16-17(10)7-4-5-9(13)8(12)6-7/h4-6H,1-3H3. The SMILES string of the molecule is CC(C)(C)c1nnnn1-c1ccc(F)c(Br)c1. The molecule has 0 spiro atoms. The van der Waals surface area contributed by atoms with Gasteiger partial charge >= 0.3 is 0 Å². The molecule has 90 valence electrons. The molecule has 0 saturated heterocycles. The molecule has 1 heterocycles. The average molecular weight is 299 g/mol. The number of rotatable bonds is 1. The van der Waals surface area contributed by atoms with Crippen molar-refractivity contribution in [3.63, 3.8) is 0 Å². The predicted octanol–water partition coefficient (Wildman–Crippen LogP) is 2.86. The van der Waals surface area contributed by atoms with E-state index >= 15 is 0 Å². The minimum absolute atomic E-state index is 0.176. The van der Waals surface area contributed by atoms with E-state index in [1.54, 1.807) is 16.8 Å². The van der Waals surface area contributed by atoms with E-state index in [0.29, 0.717) is 4.47 Å². The van der Waals surface area contributed by atoms with Crippen LogP contribution in [0.25, 0.3) is 5.69 Å². The van der Waals surface area contributed by atoms with E-state index in [4.69, 9.17) is 0 Å². The van der Waals surface area contributed by atoms with Crippen LogP contribution in [0.2, 0.25) is 0 Å². The van der Waals surface area contributed by atoms with Gasteiger partial charge in [0.05, 0.1) is 10.2 Å². The van der Waals surface area contributed by atoms with Gasteiger partial charge in [0.15, 0.2) is 5.82 Å². The van der Waals surface area contributed by atoms with Gasteiger partial charge in [0, 0.05) is 5.41 Å². The molecule has 0 aliphatic rings. The van der Waals surface area contributed by atoms with Gasteiger partial charge in [-0.25, -0.2) is 4.39 Å². The number of hydrogen-bond donors (Lipinski definition) is 0. The maximum absolute atomic E-state index is 13.2. The minimum Gasteiger partial charge on any atom is -0.206 e. The number of tetrazole rings is 1. The van der Waals surface area contributed by atoms with Crippen LogP contribution in [0.5, 0.6) is 0 Å². The van der Waals surface area contributed by atoms with Crippen LogP contribution in [-0.4, -0.2) is 20.2 Å². The average Bonchev–Trinajstić information content (AvgIpc) is 2.70. The second-order valence-electron chi connectivity index (χ2n) is 4.76. The van der Waals surface area contributed by atoms with E-state index in [1.807, 2.05) is 20.8 Å². The third-order valence-electron chi connectivity index (χ3n) is 2.29. The first-order valence-electron chi connectivity index (χ1n) is 5.14. The van der Waals surface area contributed by atoms with E-state index < -0.39 is 0 Å². The lowest BCUT2D eigenvalue weighted by molar-refractivity contribution is 0.525. The molecule has 0 aliphatic carbocycles. The number of halogens is 2. The molecule has 2 rings (SSSR count). The van der Waals surface area contributed by atoms with Crippen molar-refractivity contribution < 1.29 is 4.39 Å². The van der Waals surface area contributed by atoms with Gasteiger partial charge in [0.1, 0.15) is 5.82 Å². The van der Waals surface area contributed by atoms with Crippen LogP contribution in [0.1, 0.15) is 26.6 Å². The van der Waals surface area contributed by atoms with E-state index in [0.717, 1.165) is 11.5 Å². The third-order valence-corrected chi connectivity index (χ3v) is 2.90. The summed E-state index contributed by atoms with van der Waals surface area (Å²) in [6, 6.07) is 4.68. The fourth-order valence-electron chi connectivity index (χ4n) is 1.45. The van der Waals surface area contributed by atoms with Crippen molar-refractivity contribution in [3.05, 3.63) is 34.3 Å². The molecular formula is C11H12BrFN4. The van der Waals surface area contributed by atoms with Gasteiger partial charge in [0.2, 0.25) is 0 Å². The highest BCUT2D eigenvalue weighted by Gasteiger charge is 2.22. The lowest BCUT2D eigenvalue weighted by Gasteiger charge is -2.17. The summed E-state index contributed by atoms with van der Waals surface area (Å²) in [7, 11) is 0. The van der Waals surface area contributed by atoms with Crippen molar-refractivity contribution in [3.8, 4) is 5.69 Å². The van der Waals surface area contributed by atoms with E-state index in [1.165, 1.54) is 6.07 Å². The normalized spacial score (nSPS) is 11.8. The van der Waals surface area contributed by atoms with Crippen LogP contribution in [0, 0.1) is 5.82 Å². The molecule has 1 aromatic heterocycles. The molecule has 4 nitrogen and oxygen atoms in total. The summed E-state index contributed by atoms with van der Waals surface area (Å²) in [6.07, 6.45) is 0. The van der Waals surface area contributed by atoms with Crippen molar-refractivity contribution >= 4 is 15.9 Å². The van der Waals surface area contributed by atoms with Crippen LogP contribution >= 0.6 is 15.9 Å². The summed E-state index contributed by atoms with van der Waals surface area (Å²) >= 11 is 3.15. The van der Waals surface area contributed by atoms with E-state index in [9.17, 15) is 4.39 Å². The number of aromatic nitrogens is 4. The summed E-state index contributed by atoms with van der Waals surface area (Å²) in [5, 5.41) is 11.6. The maximum atomic E-state index is 13.2. The Kier molecular flexibility index (Phi) is 2.99. The molecule has 0 radical (unpaired) electrons. The Morgan fingerprint density at radius 2 is 2.00 bits per heavy atom. The topological polar surface area (TPSA) is 43.6 Å². The van der Waals surface area contributed by atoms with Crippen LogP contribution < -0.4 is 0 Å². The summed E-state index contributed by atoms with van der Waals surface area (Å²) in [5.74, 6) is 0.426. The number of benzene rings is 1. The Labute approximate surface area is 107 Å². The first-order valence-corrected chi connectivity index (χ1v) is 5.93. The van der Waals surface area contributed by atoms with Crippen molar-refractivity contribution in [2.75, 3.05) is 0 Å². The molecule has 0 fully saturated rings. The molecule has 0 saturated carbocycles. The summed E-state index contributed by atoms with van der Waals surface area (Å²) in [5.41, 5.74) is 0.554. The van der Waals surface area contributed by atoms with Gasteiger partial charge < -0.3 is 0 Å². The van der Waals surface area contributed by atoms with Crippen LogP contribution in [0.3, 0.4) is 0 Å². The summed E-state index contributed by atoms with van der Waals surface area (Å²) < 4.78 is 15.2. The predicted molar refractivity (Wildman–Crippen MR) is 65.5 cm³/mol. The Hall–Kier alpha value is -1.30. The Morgan fingerprint density at radius 3 is 2.59 bits per heavy atom. The van der Waals surface area contributed by atoms with Crippen molar-refractivity contribution in [1.82, 2.24) is 20.2 Å². The second-order valence-corrected chi connectivity index (χ2v) is 5.62. The largest absolute Gasteiger partial charge is 0.206 e. The number of nitrogens with zero attached hydrogens (tertiary/aromatic N) is 4. The Bertz CT molecular complexity index is 545. The van der Waals surface area contributed by atoms with Gasteiger partial charge in [-0.05, 0) is 44.6 Å².